The number of hydrogen-bond acceptors (Lipinski definition) is 10. The van der Waals surface area contributed by atoms with Gasteiger partial charge < -0.3 is 30.1 Å². The number of aldehydes is 2. The van der Waals surface area contributed by atoms with E-state index in [9.17, 15) is 24.0 Å². The highest BCUT2D eigenvalue weighted by Crippen LogP contribution is 2.39. The van der Waals surface area contributed by atoms with Crippen LogP contribution < -0.4 is 26.0 Å². The number of hydrogen-bond donors (Lipinski definition) is 3. The van der Waals surface area contributed by atoms with Crippen molar-refractivity contribution in [2.75, 3.05) is 23.8 Å². The number of amides is 2. The van der Waals surface area contributed by atoms with Crippen LogP contribution in [0.1, 0.15) is 40.7 Å². The Morgan fingerprint density at radius 1 is 0.959 bits per heavy atom. The first kappa shape index (κ1) is 33.0. The zero-order valence-corrected chi connectivity index (χ0v) is 26.6. The van der Waals surface area contributed by atoms with Crippen molar-refractivity contribution >= 4 is 47.5 Å². The van der Waals surface area contributed by atoms with Crippen LogP contribution in [0, 0.1) is 0 Å². The van der Waals surface area contributed by atoms with E-state index < -0.39 is 17.6 Å². The van der Waals surface area contributed by atoms with Gasteiger partial charge in [0.05, 0.1) is 30.1 Å². The molecular weight excluding hydrogens is 626 g/mol. The van der Waals surface area contributed by atoms with E-state index in [-0.39, 0.29) is 31.4 Å². The number of nitrogens with two attached hydrogens (primary N) is 1. The van der Waals surface area contributed by atoms with E-state index in [1.54, 1.807) is 41.4 Å². The molecule has 6 rings (SSSR count). The Kier molecular flexibility index (Phi) is 9.77. The summed E-state index contributed by atoms with van der Waals surface area (Å²) in [4.78, 5) is 67.6. The van der Waals surface area contributed by atoms with E-state index in [2.05, 4.69) is 15.6 Å². The van der Waals surface area contributed by atoms with Crippen LogP contribution >= 0.6 is 0 Å². The maximum absolute atomic E-state index is 13.7. The molecule has 4 aromatic rings. The van der Waals surface area contributed by atoms with Gasteiger partial charge in [0.2, 0.25) is 0 Å². The number of anilines is 3. The van der Waals surface area contributed by atoms with Crippen molar-refractivity contribution in [2.24, 2.45) is 0 Å². The SMILES string of the molecule is Nc1ncccc1OCCCCc1ccc2c(c1)C(=O)NCC(=O)N2c1ccc(COC(=O)C2NC2(C=O)CC=O)cc1-c1ccccc1. The minimum absolute atomic E-state index is 0.0955. The molecule has 3 aromatic carbocycles. The molecule has 4 N–H and O–H groups in total. The third-order valence-corrected chi connectivity index (χ3v) is 8.59. The van der Waals surface area contributed by atoms with Gasteiger partial charge in [0.15, 0.2) is 11.6 Å². The molecular formula is C37H35N5O7. The molecule has 2 atom stereocenters. The number of esters is 1. The van der Waals surface area contributed by atoms with Crippen molar-refractivity contribution < 1.29 is 33.4 Å². The number of nitrogens with zero attached hydrogens (tertiary/aromatic N) is 2. The lowest BCUT2D eigenvalue weighted by atomic mass is 9.98. The lowest BCUT2D eigenvalue weighted by Crippen LogP contribution is -2.33. The third-order valence-electron chi connectivity index (χ3n) is 8.59. The number of rotatable bonds is 14. The highest BCUT2D eigenvalue weighted by Gasteiger charge is 2.59. The number of pyridine rings is 1. The first-order chi connectivity index (χ1) is 23.8. The van der Waals surface area contributed by atoms with Gasteiger partial charge in [-0.3, -0.25) is 24.6 Å². The molecule has 12 nitrogen and oxygen atoms in total. The Bertz CT molecular complexity index is 1900. The highest BCUT2D eigenvalue weighted by molar-refractivity contribution is 6.14. The summed E-state index contributed by atoms with van der Waals surface area (Å²) < 4.78 is 11.2. The quantitative estimate of drug-likeness (QED) is 0.0781. The fraction of sp³-hybridized carbons (Fsp3) is 0.243. The Labute approximate surface area is 282 Å². The summed E-state index contributed by atoms with van der Waals surface area (Å²) in [6, 6.07) is 23.0. The molecule has 2 unspecified atom stereocenters. The lowest BCUT2D eigenvalue weighted by molar-refractivity contribution is -0.145. The van der Waals surface area contributed by atoms with Crippen molar-refractivity contribution in [1.29, 1.82) is 0 Å². The number of fused-ring (bicyclic) bond motifs is 1. The normalized spacial score (nSPS) is 18.1. The Morgan fingerprint density at radius 3 is 2.47 bits per heavy atom. The number of carbonyl (C=O) groups excluding carboxylic acids is 5. The minimum Gasteiger partial charge on any atom is -0.490 e. The van der Waals surface area contributed by atoms with Gasteiger partial charge in [0, 0.05) is 18.2 Å². The number of nitrogens with one attached hydrogen (secondary N) is 2. The predicted octanol–water partition coefficient (Wildman–Crippen LogP) is 3.68. The predicted molar refractivity (Wildman–Crippen MR) is 181 cm³/mol. The van der Waals surface area contributed by atoms with Crippen molar-refractivity contribution in [1.82, 2.24) is 15.6 Å². The zero-order valence-electron chi connectivity index (χ0n) is 26.6. The minimum atomic E-state index is -1.21. The third kappa shape index (κ3) is 7.19. The summed E-state index contributed by atoms with van der Waals surface area (Å²) in [5, 5.41) is 5.49. The van der Waals surface area contributed by atoms with Crippen LogP contribution in [0.2, 0.25) is 0 Å². The molecule has 0 aliphatic carbocycles. The Morgan fingerprint density at radius 2 is 1.71 bits per heavy atom. The fourth-order valence-electron chi connectivity index (χ4n) is 5.90. The molecule has 1 saturated heterocycles. The number of aryl methyl sites for hydroxylation is 1. The number of benzene rings is 3. The Hall–Kier alpha value is -5.88. The highest BCUT2D eigenvalue weighted by atomic mass is 16.5. The van der Waals surface area contributed by atoms with E-state index in [0.717, 1.165) is 24.0 Å². The number of nitrogen functional groups attached to an aromatic ring is 1. The van der Waals surface area contributed by atoms with Crippen LogP contribution in [0.15, 0.2) is 85.1 Å². The van der Waals surface area contributed by atoms with Crippen LogP contribution in [0.3, 0.4) is 0 Å². The molecule has 2 aliphatic rings. The first-order valence-electron chi connectivity index (χ1n) is 15.9. The molecule has 1 fully saturated rings. The Balaban J connectivity index is 1.22. The summed E-state index contributed by atoms with van der Waals surface area (Å²) in [5.74, 6) is -0.408. The molecule has 2 aliphatic heterocycles. The fourth-order valence-corrected chi connectivity index (χ4v) is 5.90. The van der Waals surface area contributed by atoms with Gasteiger partial charge >= 0.3 is 5.97 Å². The van der Waals surface area contributed by atoms with Gasteiger partial charge in [-0.25, -0.2) is 4.98 Å². The molecule has 49 heavy (non-hydrogen) atoms. The van der Waals surface area contributed by atoms with Crippen LogP contribution in [-0.2, 0) is 36.9 Å². The first-order valence-corrected chi connectivity index (χ1v) is 15.9. The van der Waals surface area contributed by atoms with Gasteiger partial charge in [0.25, 0.3) is 11.8 Å². The van der Waals surface area contributed by atoms with Gasteiger partial charge in [-0.1, -0.05) is 42.5 Å². The van der Waals surface area contributed by atoms with Gasteiger partial charge in [-0.15, -0.1) is 0 Å². The average molecular weight is 662 g/mol. The van der Waals surface area contributed by atoms with Crippen molar-refractivity contribution in [3.8, 4) is 16.9 Å². The summed E-state index contributed by atoms with van der Waals surface area (Å²) in [7, 11) is 0. The average Bonchev–Trinajstić information content (AvgIpc) is 3.87. The second kappa shape index (κ2) is 14.5. The second-order valence-electron chi connectivity index (χ2n) is 11.9. The van der Waals surface area contributed by atoms with Gasteiger partial charge in [0.1, 0.15) is 30.8 Å². The van der Waals surface area contributed by atoms with E-state index in [1.807, 2.05) is 48.5 Å². The monoisotopic (exact) mass is 661 g/mol. The van der Waals surface area contributed by atoms with Crippen molar-refractivity contribution in [2.45, 2.75) is 43.9 Å². The molecule has 12 heteroatoms. The molecule has 1 aromatic heterocycles. The molecule has 0 bridgehead atoms. The number of carbonyl (C=O) groups is 5. The summed E-state index contributed by atoms with van der Waals surface area (Å²) in [6.45, 7) is 0.179. The topological polar surface area (TPSA) is 180 Å². The van der Waals surface area contributed by atoms with E-state index >= 15 is 0 Å². The molecule has 250 valence electrons. The second-order valence-corrected chi connectivity index (χ2v) is 11.9. The maximum atomic E-state index is 13.7. The van der Waals surface area contributed by atoms with E-state index in [0.29, 0.717) is 65.2 Å². The molecule has 0 spiro atoms. The number of aromatic nitrogens is 1. The lowest BCUT2D eigenvalue weighted by Gasteiger charge is -2.26. The van der Waals surface area contributed by atoms with E-state index in [1.165, 1.54) is 0 Å². The zero-order chi connectivity index (χ0) is 34.4. The van der Waals surface area contributed by atoms with Crippen molar-refractivity contribution in [3.05, 3.63) is 102 Å². The summed E-state index contributed by atoms with van der Waals surface area (Å²) in [5.41, 5.74) is 9.11. The van der Waals surface area contributed by atoms with Crippen LogP contribution in [0.4, 0.5) is 17.2 Å². The van der Waals surface area contributed by atoms with Crippen LogP contribution in [0.5, 0.6) is 5.75 Å². The van der Waals surface area contributed by atoms with E-state index in [4.69, 9.17) is 15.2 Å². The molecule has 0 radical (unpaired) electrons. The van der Waals surface area contributed by atoms with Gasteiger partial charge in [-0.2, -0.15) is 0 Å². The summed E-state index contributed by atoms with van der Waals surface area (Å²) >= 11 is 0. The number of ether oxygens (including phenoxy) is 2. The standard InChI is InChI=1S/C37H35N5O7/c38-34-31(10-6-16-39-34)48-18-5-4-7-24-11-13-30-28(19-24)35(46)40-21-32(45)42(30)29-14-12-25(20-27(29)26-8-2-1-3-9-26)22-49-36(47)33-37(23-44,41-33)15-17-43/h1-3,6,8-14,16-17,19-20,23,33,41H,4-5,7,15,18,21-22H2,(H2,38,39)(H,40,46). The molecule has 0 saturated carbocycles. The number of unbranched alkanes of at least 4 members (excludes halogenated alkanes) is 1. The van der Waals surface area contributed by atoms with Crippen LogP contribution in [-0.4, -0.2) is 60.1 Å². The van der Waals surface area contributed by atoms with Crippen LogP contribution in [0.25, 0.3) is 11.1 Å². The smallest absolute Gasteiger partial charge is 0.325 e. The largest absolute Gasteiger partial charge is 0.490 e. The molecule has 3 heterocycles. The summed E-state index contributed by atoms with van der Waals surface area (Å²) in [6.07, 6.45) is 4.90. The van der Waals surface area contributed by atoms with Gasteiger partial charge in [-0.05, 0) is 72.4 Å². The molecule has 2 amide bonds. The maximum Gasteiger partial charge on any atom is 0.325 e. The van der Waals surface area contributed by atoms with Crippen molar-refractivity contribution in [3.63, 3.8) is 0 Å².